The maximum atomic E-state index is 8.04. The Hall–Kier alpha value is -1.51. The zero-order chi connectivity index (χ0) is 13.8. The van der Waals surface area contributed by atoms with E-state index < -0.39 is 0 Å². The summed E-state index contributed by atoms with van der Waals surface area (Å²) in [5.41, 5.74) is 4.11. The van der Waals surface area contributed by atoms with E-state index in [2.05, 4.69) is 48.8 Å². The number of nitrogens with one attached hydrogen (secondary N) is 1. The summed E-state index contributed by atoms with van der Waals surface area (Å²) in [6.07, 6.45) is 1.97. The van der Waals surface area contributed by atoms with Crippen molar-refractivity contribution >= 4 is 11.5 Å². The topological polar surface area (TPSA) is 30.3 Å². The van der Waals surface area contributed by atoms with E-state index in [1.807, 2.05) is 0 Å². The average molecular weight is 259 g/mol. The molecule has 3 nitrogen and oxygen atoms in total. The molecule has 0 unspecified atom stereocenters. The summed E-state index contributed by atoms with van der Waals surface area (Å²) in [6, 6.07) is 6.53. The van der Waals surface area contributed by atoms with Crippen molar-refractivity contribution in [1.82, 2.24) is 4.90 Å². The fourth-order valence-electron chi connectivity index (χ4n) is 2.69. The van der Waals surface area contributed by atoms with Crippen molar-refractivity contribution in [2.24, 2.45) is 0 Å². The smallest absolute Gasteiger partial charge is 0.0958 e. The van der Waals surface area contributed by atoms with Crippen LogP contribution in [0.1, 0.15) is 30.9 Å². The van der Waals surface area contributed by atoms with Gasteiger partial charge in [-0.25, -0.2) is 0 Å². The molecule has 1 aliphatic heterocycles. The van der Waals surface area contributed by atoms with Gasteiger partial charge in [0.15, 0.2) is 0 Å². The Balaban J connectivity index is 2.00. The summed E-state index contributed by atoms with van der Waals surface area (Å²) in [6.45, 7) is 10.5. The van der Waals surface area contributed by atoms with Crippen molar-refractivity contribution in [3.8, 4) is 0 Å². The maximum Gasteiger partial charge on any atom is 0.0958 e. The number of nitrogens with zero attached hydrogens (tertiary/aromatic N) is 2. The Morgan fingerprint density at radius 2 is 1.84 bits per heavy atom. The molecule has 19 heavy (non-hydrogen) atoms. The Labute approximate surface area is 116 Å². The summed E-state index contributed by atoms with van der Waals surface area (Å²) in [7, 11) is 0. The van der Waals surface area contributed by atoms with Gasteiger partial charge in [0.1, 0.15) is 0 Å². The van der Waals surface area contributed by atoms with Gasteiger partial charge in [-0.05, 0) is 37.5 Å². The molecule has 1 aromatic carbocycles. The van der Waals surface area contributed by atoms with Gasteiger partial charge < -0.3 is 9.80 Å². The van der Waals surface area contributed by atoms with Crippen LogP contribution >= 0.6 is 0 Å². The first-order valence-corrected chi connectivity index (χ1v) is 7.27. The number of benzene rings is 1. The number of hydrogen-bond donors (Lipinski definition) is 1. The monoisotopic (exact) mass is 259 g/mol. The van der Waals surface area contributed by atoms with Gasteiger partial charge in [-0.15, -0.1) is 0 Å². The lowest BCUT2D eigenvalue weighted by Crippen LogP contribution is -2.48. The lowest BCUT2D eigenvalue weighted by molar-refractivity contribution is 0.376. The fraction of sp³-hybridized carbons (Fsp3) is 0.562. The van der Waals surface area contributed by atoms with Crippen LogP contribution in [0.15, 0.2) is 18.2 Å². The first kappa shape index (κ1) is 13.9. The number of rotatable bonds is 3. The molecule has 1 heterocycles. The SMILES string of the molecule is CCCC(=N)N1CCN(c2cccc(C)c2C)CC1. The van der Waals surface area contributed by atoms with E-state index >= 15 is 0 Å². The number of hydrogen-bond acceptors (Lipinski definition) is 2. The van der Waals surface area contributed by atoms with E-state index in [-0.39, 0.29) is 0 Å². The first-order chi connectivity index (χ1) is 9.13. The summed E-state index contributed by atoms with van der Waals surface area (Å²) < 4.78 is 0. The highest BCUT2D eigenvalue weighted by Gasteiger charge is 2.19. The lowest BCUT2D eigenvalue weighted by Gasteiger charge is -2.38. The van der Waals surface area contributed by atoms with Crippen LogP contribution in [-0.2, 0) is 0 Å². The fourth-order valence-corrected chi connectivity index (χ4v) is 2.69. The van der Waals surface area contributed by atoms with Gasteiger partial charge in [0.2, 0.25) is 0 Å². The first-order valence-electron chi connectivity index (χ1n) is 7.27. The Bertz CT molecular complexity index is 445. The van der Waals surface area contributed by atoms with Gasteiger partial charge in [-0.2, -0.15) is 0 Å². The molecule has 1 fully saturated rings. The molecule has 0 aliphatic carbocycles. The van der Waals surface area contributed by atoms with Crippen molar-refractivity contribution in [3.63, 3.8) is 0 Å². The van der Waals surface area contributed by atoms with E-state index in [4.69, 9.17) is 5.41 Å². The molecular formula is C16H25N3. The van der Waals surface area contributed by atoms with Gasteiger partial charge in [0.25, 0.3) is 0 Å². The van der Waals surface area contributed by atoms with Crippen molar-refractivity contribution in [3.05, 3.63) is 29.3 Å². The molecule has 0 spiro atoms. The third kappa shape index (κ3) is 3.09. The van der Waals surface area contributed by atoms with Crippen LogP contribution in [0.3, 0.4) is 0 Å². The number of piperazine rings is 1. The molecule has 0 amide bonds. The highest BCUT2D eigenvalue weighted by molar-refractivity contribution is 5.79. The predicted octanol–water partition coefficient (Wildman–Crippen LogP) is 3.20. The van der Waals surface area contributed by atoms with Gasteiger partial charge >= 0.3 is 0 Å². The Morgan fingerprint density at radius 3 is 2.47 bits per heavy atom. The second-order valence-corrected chi connectivity index (χ2v) is 5.39. The minimum atomic E-state index is 0.808. The molecule has 0 radical (unpaired) electrons. The molecule has 1 aliphatic rings. The largest absolute Gasteiger partial charge is 0.368 e. The third-order valence-corrected chi connectivity index (χ3v) is 4.06. The van der Waals surface area contributed by atoms with E-state index in [0.717, 1.165) is 44.9 Å². The van der Waals surface area contributed by atoms with Crippen molar-refractivity contribution in [2.45, 2.75) is 33.6 Å². The van der Waals surface area contributed by atoms with Crippen LogP contribution in [0.2, 0.25) is 0 Å². The van der Waals surface area contributed by atoms with Crippen molar-refractivity contribution in [1.29, 1.82) is 5.41 Å². The highest BCUT2D eigenvalue weighted by Crippen LogP contribution is 2.23. The summed E-state index contributed by atoms with van der Waals surface area (Å²) in [5.74, 6) is 0.808. The minimum absolute atomic E-state index is 0.808. The van der Waals surface area contributed by atoms with Gasteiger partial charge in [-0.1, -0.05) is 19.1 Å². The van der Waals surface area contributed by atoms with Gasteiger partial charge in [0.05, 0.1) is 5.84 Å². The standard InChI is InChI=1S/C16H25N3/c1-4-6-16(17)19-11-9-18(10-12-19)15-8-5-7-13(2)14(15)3/h5,7-8,17H,4,6,9-12H2,1-3H3. The third-order valence-electron chi connectivity index (χ3n) is 4.06. The Morgan fingerprint density at radius 1 is 1.16 bits per heavy atom. The molecule has 0 aromatic heterocycles. The normalized spacial score (nSPS) is 15.7. The van der Waals surface area contributed by atoms with Crippen molar-refractivity contribution < 1.29 is 0 Å². The molecular weight excluding hydrogens is 234 g/mol. The average Bonchev–Trinajstić information content (AvgIpc) is 2.42. The van der Waals surface area contributed by atoms with Crippen LogP contribution in [-0.4, -0.2) is 36.9 Å². The van der Waals surface area contributed by atoms with Crippen LogP contribution in [0.5, 0.6) is 0 Å². The molecule has 1 saturated heterocycles. The van der Waals surface area contributed by atoms with Crippen LogP contribution < -0.4 is 4.90 Å². The minimum Gasteiger partial charge on any atom is -0.368 e. The van der Waals surface area contributed by atoms with Crippen LogP contribution in [0.4, 0.5) is 5.69 Å². The molecule has 1 N–H and O–H groups in total. The van der Waals surface area contributed by atoms with Crippen LogP contribution in [0.25, 0.3) is 0 Å². The maximum absolute atomic E-state index is 8.04. The predicted molar refractivity (Wildman–Crippen MR) is 82.3 cm³/mol. The second kappa shape index (κ2) is 6.09. The zero-order valence-electron chi connectivity index (χ0n) is 12.4. The van der Waals surface area contributed by atoms with Gasteiger partial charge in [0, 0.05) is 38.3 Å². The quantitative estimate of drug-likeness (QED) is 0.667. The van der Waals surface area contributed by atoms with E-state index in [0.29, 0.717) is 0 Å². The lowest BCUT2D eigenvalue weighted by atomic mass is 10.1. The molecule has 2 rings (SSSR count). The number of aryl methyl sites for hydroxylation is 1. The summed E-state index contributed by atoms with van der Waals surface area (Å²) >= 11 is 0. The summed E-state index contributed by atoms with van der Waals surface area (Å²) in [5, 5.41) is 8.04. The molecule has 0 bridgehead atoms. The molecule has 3 heteroatoms. The van der Waals surface area contributed by atoms with Crippen LogP contribution in [0, 0.1) is 19.3 Å². The van der Waals surface area contributed by atoms with E-state index in [1.54, 1.807) is 0 Å². The second-order valence-electron chi connectivity index (χ2n) is 5.39. The molecule has 0 atom stereocenters. The molecule has 104 valence electrons. The Kier molecular flexibility index (Phi) is 4.46. The van der Waals surface area contributed by atoms with Gasteiger partial charge in [-0.3, -0.25) is 5.41 Å². The molecule has 1 aromatic rings. The van der Waals surface area contributed by atoms with Crippen molar-refractivity contribution in [2.75, 3.05) is 31.1 Å². The number of amidine groups is 1. The van der Waals surface area contributed by atoms with E-state index in [1.165, 1.54) is 16.8 Å². The number of anilines is 1. The van der Waals surface area contributed by atoms with E-state index in [9.17, 15) is 0 Å². The zero-order valence-corrected chi connectivity index (χ0v) is 12.4. The summed E-state index contributed by atoms with van der Waals surface area (Å²) in [4.78, 5) is 4.68. The molecule has 0 saturated carbocycles. The highest BCUT2D eigenvalue weighted by atomic mass is 15.3.